The van der Waals surface area contributed by atoms with Gasteiger partial charge in [0.1, 0.15) is 17.3 Å². The van der Waals surface area contributed by atoms with Gasteiger partial charge >= 0.3 is 5.97 Å². The first-order valence-electron chi connectivity index (χ1n) is 14.3. The molecule has 3 aromatic carbocycles. The summed E-state index contributed by atoms with van der Waals surface area (Å²) in [7, 11) is -4.11. The molecule has 10 heteroatoms. The van der Waals surface area contributed by atoms with Gasteiger partial charge in [0.15, 0.2) is 0 Å². The van der Waals surface area contributed by atoms with Crippen molar-refractivity contribution >= 4 is 49.4 Å². The second-order valence-electron chi connectivity index (χ2n) is 12.7. The fourth-order valence-electron chi connectivity index (χ4n) is 5.17. The van der Waals surface area contributed by atoms with E-state index in [2.05, 4.69) is 9.71 Å². The molecule has 0 bridgehead atoms. The van der Waals surface area contributed by atoms with Gasteiger partial charge in [-0.05, 0) is 82.6 Å². The van der Waals surface area contributed by atoms with Gasteiger partial charge in [-0.25, -0.2) is 18.1 Å². The molecule has 44 heavy (non-hydrogen) atoms. The Bertz CT molecular complexity index is 1960. The quantitative estimate of drug-likeness (QED) is 0.168. The van der Waals surface area contributed by atoms with E-state index >= 15 is 0 Å². The van der Waals surface area contributed by atoms with Gasteiger partial charge in [0.05, 0.1) is 22.1 Å². The maximum absolute atomic E-state index is 14.1. The molecule has 0 amide bonds. The van der Waals surface area contributed by atoms with Crippen molar-refractivity contribution in [1.82, 2.24) is 14.3 Å². The third-order valence-electron chi connectivity index (χ3n) is 7.29. The van der Waals surface area contributed by atoms with E-state index in [0.717, 1.165) is 22.2 Å². The number of rotatable bonds is 10. The summed E-state index contributed by atoms with van der Waals surface area (Å²) in [4.78, 5) is 17.0. The maximum atomic E-state index is 14.1. The molecule has 2 heterocycles. The van der Waals surface area contributed by atoms with E-state index in [1.54, 1.807) is 58.9 Å². The Balaban J connectivity index is 1.66. The molecule has 0 radical (unpaired) electrons. The third-order valence-corrected chi connectivity index (χ3v) is 9.41. The van der Waals surface area contributed by atoms with Gasteiger partial charge in [0.25, 0.3) is 0 Å². The Morgan fingerprint density at radius 2 is 1.68 bits per heavy atom. The SMILES string of the molecule is CC(C)(C)NS(=O)(=O)c1c(CC(C)(C)C(=O)O)n(Cc2ccc(Cl)cc2)c2ccc(OCc3ccc4ccccc4n3)cc12. The first-order chi connectivity index (χ1) is 20.6. The average molecular weight is 634 g/mol. The van der Waals surface area contributed by atoms with Crippen molar-refractivity contribution in [2.45, 2.75) is 64.6 Å². The summed E-state index contributed by atoms with van der Waals surface area (Å²) in [5, 5.41) is 12.1. The lowest BCUT2D eigenvalue weighted by atomic mass is 9.88. The smallest absolute Gasteiger partial charge is 0.309 e. The van der Waals surface area contributed by atoms with Crippen molar-refractivity contribution in [2.24, 2.45) is 5.41 Å². The van der Waals surface area contributed by atoms with Crippen LogP contribution in [0.5, 0.6) is 5.75 Å². The largest absolute Gasteiger partial charge is 0.487 e. The minimum Gasteiger partial charge on any atom is -0.487 e. The van der Waals surface area contributed by atoms with Crippen molar-refractivity contribution in [2.75, 3.05) is 0 Å². The number of carboxylic acid groups (broad SMARTS) is 1. The van der Waals surface area contributed by atoms with Gasteiger partial charge in [0, 0.05) is 40.0 Å². The van der Waals surface area contributed by atoms with E-state index in [4.69, 9.17) is 16.3 Å². The highest BCUT2D eigenvalue weighted by atomic mass is 35.5. The van der Waals surface area contributed by atoms with Crippen molar-refractivity contribution in [3.63, 3.8) is 0 Å². The maximum Gasteiger partial charge on any atom is 0.309 e. The van der Waals surface area contributed by atoms with Gasteiger partial charge < -0.3 is 14.4 Å². The number of hydrogen-bond acceptors (Lipinski definition) is 5. The molecule has 5 aromatic rings. The Morgan fingerprint density at radius 1 is 0.977 bits per heavy atom. The van der Waals surface area contributed by atoms with Gasteiger partial charge in [-0.1, -0.05) is 48.0 Å². The number of hydrogen-bond donors (Lipinski definition) is 2. The number of aromatic nitrogens is 2. The molecule has 0 spiro atoms. The number of halogens is 1. The molecule has 0 aliphatic heterocycles. The number of nitrogens with one attached hydrogen (secondary N) is 1. The number of ether oxygens (including phenoxy) is 1. The van der Waals surface area contributed by atoms with Crippen LogP contribution < -0.4 is 9.46 Å². The van der Waals surface area contributed by atoms with Crippen LogP contribution in [0.2, 0.25) is 5.02 Å². The molecular formula is C34H36ClN3O5S. The van der Waals surface area contributed by atoms with Crippen LogP contribution >= 0.6 is 11.6 Å². The normalized spacial score (nSPS) is 12.6. The van der Waals surface area contributed by atoms with Crippen LogP contribution in [0.1, 0.15) is 51.6 Å². The number of fused-ring (bicyclic) bond motifs is 2. The van der Waals surface area contributed by atoms with Crippen LogP contribution in [0.3, 0.4) is 0 Å². The van der Waals surface area contributed by atoms with Crippen LogP contribution in [-0.2, 0) is 34.4 Å². The summed E-state index contributed by atoms with van der Waals surface area (Å²) in [5.41, 5.74) is 1.48. The van der Waals surface area contributed by atoms with Crippen LogP contribution in [0, 0.1) is 5.41 Å². The molecular weight excluding hydrogens is 598 g/mol. The van der Waals surface area contributed by atoms with Crippen LogP contribution in [0.25, 0.3) is 21.8 Å². The van der Waals surface area contributed by atoms with Crippen molar-refractivity contribution in [3.8, 4) is 5.75 Å². The van der Waals surface area contributed by atoms with Gasteiger partial charge in [-0.2, -0.15) is 0 Å². The minimum absolute atomic E-state index is 0.0256. The lowest BCUT2D eigenvalue weighted by molar-refractivity contribution is -0.146. The Hall–Kier alpha value is -3.92. The summed E-state index contributed by atoms with van der Waals surface area (Å²) in [5.74, 6) is -0.563. The highest BCUT2D eigenvalue weighted by Crippen LogP contribution is 2.38. The molecule has 0 atom stereocenters. The topological polar surface area (TPSA) is 111 Å². The van der Waals surface area contributed by atoms with Gasteiger partial charge in [0.2, 0.25) is 10.0 Å². The molecule has 8 nitrogen and oxygen atoms in total. The number of pyridine rings is 1. The standard InChI is InChI=1S/C34H36ClN3O5S/c1-33(2,3)37-44(41,42)31-27-18-26(43-21-25-15-12-23-8-6-7-9-28(23)36-25)16-17-29(27)38(20-22-10-13-24(35)14-11-22)30(31)19-34(4,5)32(39)40/h6-18,37H,19-21H2,1-5H3,(H,39,40). The summed E-state index contributed by atoms with van der Waals surface area (Å²) < 4.78 is 39.1. The van der Waals surface area contributed by atoms with Crippen molar-refractivity contribution in [1.29, 1.82) is 0 Å². The van der Waals surface area contributed by atoms with E-state index in [9.17, 15) is 18.3 Å². The zero-order valence-corrected chi connectivity index (χ0v) is 27.0. The molecule has 0 saturated heterocycles. The summed E-state index contributed by atoms with van der Waals surface area (Å²) >= 11 is 6.13. The molecule has 5 rings (SSSR count). The molecule has 0 fully saturated rings. The fourth-order valence-corrected chi connectivity index (χ4v) is 7.15. The monoisotopic (exact) mass is 633 g/mol. The van der Waals surface area contributed by atoms with E-state index in [1.807, 2.05) is 59.2 Å². The molecule has 2 N–H and O–H groups in total. The Kier molecular flexibility index (Phi) is 8.50. The number of aliphatic carboxylic acids is 1. The number of benzene rings is 3. The van der Waals surface area contributed by atoms with E-state index in [1.165, 1.54) is 0 Å². The highest BCUT2D eigenvalue weighted by molar-refractivity contribution is 7.89. The second-order valence-corrected chi connectivity index (χ2v) is 14.7. The molecule has 230 valence electrons. The first-order valence-corrected chi connectivity index (χ1v) is 16.1. The lowest BCUT2D eigenvalue weighted by Gasteiger charge is -2.24. The number of sulfonamides is 1. The molecule has 0 aliphatic carbocycles. The molecule has 0 saturated carbocycles. The zero-order chi connectivity index (χ0) is 31.9. The predicted molar refractivity (Wildman–Crippen MR) is 174 cm³/mol. The number of nitrogens with zero attached hydrogens (tertiary/aromatic N) is 2. The number of carboxylic acids is 1. The average Bonchev–Trinajstić information content (AvgIpc) is 3.23. The number of para-hydroxylation sites is 1. The van der Waals surface area contributed by atoms with Crippen molar-refractivity contribution < 1.29 is 23.1 Å². The third kappa shape index (κ3) is 6.90. The summed E-state index contributed by atoms with van der Waals surface area (Å²) in [6.07, 6.45) is -0.0256. The molecule has 2 aromatic heterocycles. The molecule has 0 unspecified atom stereocenters. The van der Waals surface area contributed by atoms with Gasteiger partial charge in [-0.3, -0.25) is 4.79 Å². The molecule has 0 aliphatic rings. The van der Waals surface area contributed by atoms with E-state index in [0.29, 0.717) is 33.9 Å². The fraction of sp³-hybridized carbons (Fsp3) is 0.294. The Morgan fingerprint density at radius 3 is 2.36 bits per heavy atom. The van der Waals surface area contributed by atoms with Crippen molar-refractivity contribution in [3.05, 3.63) is 101 Å². The van der Waals surface area contributed by atoms with Crippen LogP contribution in [0.15, 0.2) is 83.8 Å². The Labute approximate surface area is 262 Å². The highest BCUT2D eigenvalue weighted by Gasteiger charge is 2.36. The summed E-state index contributed by atoms with van der Waals surface area (Å²) in [6.45, 7) is 8.99. The van der Waals surface area contributed by atoms with Crippen LogP contribution in [-0.4, -0.2) is 34.6 Å². The van der Waals surface area contributed by atoms with Crippen LogP contribution in [0.4, 0.5) is 0 Å². The lowest BCUT2D eigenvalue weighted by Crippen LogP contribution is -2.41. The van der Waals surface area contributed by atoms with E-state index in [-0.39, 0.29) is 17.9 Å². The second kappa shape index (κ2) is 11.9. The summed E-state index contributed by atoms with van der Waals surface area (Å²) in [6, 6.07) is 24.3. The van der Waals surface area contributed by atoms with E-state index < -0.39 is 26.9 Å². The minimum atomic E-state index is -4.11. The first kappa shape index (κ1) is 31.5. The van der Waals surface area contributed by atoms with Gasteiger partial charge in [-0.15, -0.1) is 0 Å². The zero-order valence-electron chi connectivity index (χ0n) is 25.4. The predicted octanol–water partition coefficient (Wildman–Crippen LogP) is 7.20. The number of carbonyl (C=O) groups is 1.